The van der Waals surface area contributed by atoms with Gasteiger partial charge in [-0.05, 0) is 36.6 Å². The van der Waals surface area contributed by atoms with Crippen LogP contribution in [0.25, 0.3) is 0 Å². The lowest BCUT2D eigenvalue weighted by Gasteiger charge is -2.08. The maximum Gasteiger partial charge on any atom is 0.269 e. The van der Waals surface area contributed by atoms with Gasteiger partial charge in [-0.3, -0.25) is 9.78 Å². The SMILES string of the molecule is CCCNC(=O)c1cc(NCCc2ccccc2F)ccn1. The zero-order chi connectivity index (χ0) is 15.8. The van der Waals surface area contributed by atoms with Crippen LogP contribution < -0.4 is 10.6 Å². The molecule has 2 N–H and O–H groups in total. The summed E-state index contributed by atoms with van der Waals surface area (Å²) in [6.45, 7) is 3.21. The Bertz CT molecular complexity index is 631. The Labute approximate surface area is 129 Å². The highest BCUT2D eigenvalue weighted by Gasteiger charge is 2.07. The first-order valence-electron chi connectivity index (χ1n) is 7.42. The molecule has 0 saturated heterocycles. The lowest BCUT2D eigenvalue weighted by atomic mass is 10.1. The van der Waals surface area contributed by atoms with Gasteiger partial charge in [-0.2, -0.15) is 0 Å². The van der Waals surface area contributed by atoms with E-state index in [0.717, 1.165) is 12.1 Å². The molecule has 22 heavy (non-hydrogen) atoms. The maximum absolute atomic E-state index is 13.5. The van der Waals surface area contributed by atoms with Gasteiger partial charge in [0.1, 0.15) is 11.5 Å². The van der Waals surface area contributed by atoms with E-state index < -0.39 is 0 Å². The van der Waals surface area contributed by atoms with Crippen molar-refractivity contribution in [2.24, 2.45) is 0 Å². The third-order valence-electron chi connectivity index (χ3n) is 3.21. The van der Waals surface area contributed by atoms with E-state index in [1.165, 1.54) is 6.07 Å². The van der Waals surface area contributed by atoms with E-state index in [0.29, 0.717) is 30.8 Å². The Morgan fingerprint density at radius 1 is 1.23 bits per heavy atom. The maximum atomic E-state index is 13.5. The highest BCUT2D eigenvalue weighted by Crippen LogP contribution is 2.10. The Morgan fingerprint density at radius 2 is 2.05 bits per heavy atom. The molecule has 0 aliphatic heterocycles. The summed E-state index contributed by atoms with van der Waals surface area (Å²) in [5.74, 6) is -0.377. The molecule has 0 bridgehead atoms. The van der Waals surface area contributed by atoms with E-state index in [1.54, 1.807) is 30.5 Å². The number of aromatic nitrogens is 1. The van der Waals surface area contributed by atoms with E-state index in [4.69, 9.17) is 0 Å². The van der Waals surface area contributed by atoms with Crippen molar-refractivity contribution in [2.45, 2.75) is 19.8 Å². The van der Waals surface area contributed by atoms with Crippen LogP contribution in [-0.2, 0) is 6.42 Å². The van der Waals surface area contributed by atoms with Crippen LogP contribution in [0, 0.1) is 5.82 Å². The molecule has 1 aromatic heterocycles. The molecule has 4 nitrogen and oxygen atoms in total. The van der Waals surface area contributed by atoms with Crippen molar-refractivity contribution in [1.82, 2.24) is 10.3 Å². The van der Waals surface area contributed by atoms with E-state index in [2.05, 4.69) is 15.6 Å². The number of hydrogen-bond donors (Lipinski definition) is 2. The molecule has 116 valence electrons. The quantitative estimate of drug-likeness (QED) is 0.826. The summed E-state index contributed by atoms with van der Waals surface area (Å²) < 4.78 is 13.5. The minimum atomic E-state index is -0.196. The first kappa shape index (κ1) is 15.9. The van der Waals surface area contributed by atoms with E-state index in [9.17, 15) is 9.18 Å². The number of nitrogens with zero attached hydrogens (tertiary/aromatic N) is 1. The largest absolute Gasteiger partial charge is 0.385 e. The van der Waals surface area contributed by atoms with Crippen LogP contribution >= 0.6 is 0 Å². The Balaban J connectivity index is 1.90. The highest BCUT2D eigenvalue weighted by atomic mass is 19.1. The van der Waals surface area contributed by atoms with Crippen molar-refractivity contribution in [3.05, 3.63) is 59.7 Å². The number of anilines is 1. The molecule has 0 aliphatic carbocycles. The summed E-state index contributed by atoms with van der Waals surface area (Å²) in [4.78, 5) is 15.9. The number of carbonyl (C=O) groups excluding carboxylic acids is 1. The summed E-state index contributed by atoms with van der Waals surface area (Å²) in [5, 5.41) is 5.97. The van der Waals surface area contributed by atoms with Gasteiger partial charge in [-0.1, -0.05) is 25.1 Å². The van der Waals surface area contributed by atoms with Crippen LogP contribution in [0.2, 0.25) is 0 Å². The van der Waals surface area contributed by atoms with Gasteiger partial charge in [0.25, 0.3) is 5.91 Å². The number of hydrogen-bond acceptors (Lipinski definition) is 3. The third-order valence-corrected chi connectivity index (χ3v) is 3.21. The van der Waals surface area contributed by atoms with Crippen LogP contribution in [0.4, 0.5) is 10.1 Å². The average Bonchev–Trinajstić information content (AvgIpc) is 2.54. The summed E-state index contributed by atoms with van der Waals surface area (Å²) in [6.07, 6.45) is 3.05. The molecule has 0 atom stereocenters. The second kappa shape index (κ2) is 8.12. The predicted molar refractivity (Wildman–Crippen MR) is 85.5 cm³/mol. The first-order chi connectivity index (χ1) is 10.7. The zero-order valence-electron chi connectivity index (χ0n) is 12.6. The fourth-order valence-electron chi connectivity index (χ4n) is 2.04. The average molecular weight is 301 g/mol. The van der Waals surface area contributed by atoms with E-state index >= 15 is 0 Å². The van der Waals surface area contributed by atoms with Crippen molar-refractivity contribution in [3.63, 3.8) is 0 Å². The summed E-state index contributed by atoms with van der Waals surface area (Å²) in [7, 11) is 0. The topological polar surface area (TPSA) is 54.0 Å². The van der Waals surface area contributed by atoms with Crippen molar-refractivity contribution >= 4 is 11.6 Å². The number of amides is 1. The van der Waals surface area contributed by atoms with Crippen LogP contribution in [0.15, 0.2) is 42.6 Å². The molecule has 0 aliphatic rings. The third kappa shape index (κ3) is 4.55. The number of benzene rings is 1. The number of rotatable bonds is 7. The first-order valence-corrected chi connectivity index (χ1v) is 7.42. The summed E-state index contributed by atoms with van der Waals surface area (Å²) >= 11 is 0. The van der Waals surface area contributed by atoms with Gasteiger partial charge in [-0.15, -0.1) is 0 Å². The standard InChI is InChI=1S/C17H20FN3O/c1-2-9-21-17(22)16-12-14(8-11-20-16)19-10-7-13-5-3-4-6-15(13)18/h3-6,8,11-12H,2,7,9-10H2,1H3,(H,19,20)(H,21,22). The molecule has 0 radical (unpaired) electrons. The molecular formula is C17H20FN3O. The van der Waals surface area contributed by atoms with Gasteiger partial charge >= 0.3 is 0 Å². The van der Waals surface area contributed by atoms with E-state index in [-0.39, 0.29) is 11.7 Å². The highest BCUT2D eigenvalue weighted by molar-refractivity contribution is 5.93. The van der Waals surface area contributed by atoms with Crippen molar-refractivity contribution in [1.29, 1.82) is 0 Å². The lowest BCUT2D eigenvalue weighted by molar-refractivity contribution is 0.0948. The molecule has 5 heteroatoms. The van der Waals surface area contributed by atoms with Gasteiger partial charge in [0.05, 0.1) is 0 Å². The monoisotopic (exact) mass is 301 g/mol. The van der Waals surface area contributed by atoms with E-state index in [1.807, 2.05) is 13.0 Å². The summed E-state index contributed by atoms with van der Waals surface area (Å²) in [6, 6.07) is 10.2. The Kier molecular flexibility index (Phi) is 5.89. The van der Waals surface area contributed by atoms with Crippen molar-refractivity contribution in [3.8, 4) is 0 Å². The van der Waals surface area contributed by atoms with Gasteiger partial charge in [0.15, 0.2) is 0 Å². The molecule has 2 aromatic rings. The molecular weight excluding hydrogens is 281 g/mol. The van der Waals surface area contributed by atoms with Gasteiger partial charge in [-0.25, -0.2) is 4.39 Å². The fraction of sp³-hybridized carbons (Fsp3) is 0.294. The predicted octanol–water partition coefficient (Wildman–Crippen LogP) is 3.02. The van der Waals surface area contributed by atoms with Gasteiger partial charge in [0, 0.05) is 25.0 Å². The second-order valence-electron chi connectivity index (χ2n) is 4.95. The van der Waals surface area contributed by atoms with Crippen LogP contribution in [0.5, 0.6) is 0 Å². The van der Waals surface area contributed by atoms with Crippen LogP contribution in [0.1, 0.15) is 29.4 Å². The molecule has 0 fully saturated rings. The lowest BCUT2D eigenvalue weighted by Crippen LogP contribution is -2.25. The van der Waals surface area contributed by atoms with Crippen LogP contribution in [0.3, 0.4) is 0 Å². The minimum Gasteiger partial charge on any atom is -0.385 e. The molecule has 0 spiro atoms. The van der Waals surface area contributed by atoms with Crippen molar-refractivity contribution < 1.29 is 9.18 Å². The zero-order valence-corrected chi connectivity index (χ0v) is 12.6. The molecule has 1 amide bonds. The Morgan fingerprint density at radius 3 is 2.82 bits per heavy atom. The van der Waals surface area contributed by atoms with Crippen LogP contribution in [-0.4, -0.2) is 24.0 Å². The van der Waals surface area contributed by atoms with Crippen molar-refractivity contribution in [2.75, 3.05) is 18.4 Å². The fourth-order valence-corrected chi connectivity index (χ4v) is 2.04. The minimum absolute atomic E-state index is 0.181. The van der Waals surface area contributed by atoms with Gasteiger partial charge < -0.3 is 10.6 Å². The number of nitrogens with one attached hydrogen (secondary N) is 2. The molecule has 1 aromatic carbocycles. The number of halogens is 1. The smallest absolute Gasteiger partial charge is 0.269 e. The number of pyridine rings is 1. The molecule has 2 rings (SSSR count). The normalized spacial score (nSPS) is 10.3. The second-order valence-corrected chi connectivity index (χ2v) is 4.95. The number of carbonyl (C=O) groups is 1. The Hall–Kier alpha value is -2.43. The van der Waals surface area contributed by atoms with Gasteiger partial charge in [0.2, 0.25) is 0 Å². The summed E-state index contributed by atoms with van der Waals surface area (Å²) in [5.41, 5.74) is 1.85. The molecule has 0 saturated carbocycles. The molecule has 1 heterocycles. The molecule has 0 unspecified atom stereocenters.